The van der Waals surface area contributed by atoms with Crippen LogP contribution in [0.4, 0.5) is 24.5 Å². The number of rotatable bonds is 11. The average Bonchev–Trinajstić information content (AvgIpc) is 2.95. The first-order chi connectivity index (χ1) is 19.9. The Morgan fingerprint density at radius 1 is 0.976 bits per heavy atom. The number of pyridine rings is 1. The van der Waals surface area contributed by atoms with E-state index in [0.717, 1.165) is 25.1 Å². The molecule has 3 aromatic carbocycles. The Morgan fingerprint density at radius 3 is 2.48 bits per heavy atom. The highest BCUT2D eigenvalue weighted by Crippen LogP contribution is 2.36. The summed E-state index contributed by atoms with van der Waals surface area (Å²) in [5.41, 5.74) is 6.15. The molecule has 0 saturated carbocycles. The van der Waals surface area contributed by atoms with Crippen molar-refractivity contribution < 1.29 is 27.5 Å². The van der Waals surface area contributed by atoms with Crippen LogP contribution in [0.1, 0.15) is 38.4 Å². The van der Waals surface area contributed by atoms with Crippen LogP contribution < -0.4 is 20.7 Å². The number of amides is 2. The number of hydrogen-bond donors (Lipinski definition) is 2. The maximum absolute atomic E-state index is 13.6. The average molecular weight is 580 g/mol. The van der Waals surface area contributed by atoms with Crippen molar-refractivity contribution in [1.82, 2.24) is 9.88 Å². The molecule has 4 rings (SSSR count). The first-order valence-corrected chi connectivity index (χ1v) is 13.2. The Hall–Kier alpha value is -4.64. The minimum absolute atomic E-state index is 0.0758. The first-order valence-electron chi connectivity index (χ1n) is 13.2. The predicted molar refractivity (Wildman–Crippen MR) is 157 cm³/mol. The van der Waals surface area contributed by atoms with Gasteiger partial charge in [0.1, 0.15) is 18.1 Å². The number of carbonyl (C=O) groups excluding carboxylic acids is 2. The van der Waals surface area contributed by atoms with E-state index in [0.29, 0.717) is 39.9 Å². The molecule has 0 spiro atoms. The Kier molecular flexibility index (Phi) is 9.31. The normalized spacial score (nSPS) is 11.5. The quantitative estimate of drug-likeness (QED) is 0.241. The second-order valence-electron chi connectivity index (χ2n) is 10.2. The van der Waals surface area contributed by atoms with Gasteiger partial charge in [0, 0.05) is 25.4 Å². The van der Waals surface area contributed by atoms with Gasteiger partial charge in [0.05, 0.1) is 16.9 Å². The summed E-state index contributed by atoms with van der Waals surface area (Å²) in [4.78, 5) is 32.6. The summed E-state index contributed by atoms with van der Waals surface area (Å²) in [5.74, 6) is -0.647. The molecule has 1 aromatic heterocycles. The number of nitrogens with two attached hydrogens (primary N) is 1. The van der Waals surface area contributed by atoms with Gasteiger partial charge in [-0.25, -0.2) is 0 Å². The molecule has 3 N–H and O–H groups in total. The number of carbonyl (C=O) groups is 2. The monoisotopic (exact) mass is 579 g/mol. The Balaban J connectivity index is 1.57. The standard InChI is InChI=1S/C31H32F3N5O3/c1-38(2)14-5-15-39(3)28-11-8-22(31(32,33)34)18-26(28)37-30(41)25-7-4-6-21-17-23(9-10-24(21)25)42-19-20-12-13-36-27(16-20)29(35)40/h4,6-13,16-18H,5,14-15,19H2,1-3H3,(H2,35,40)(H,37,41). The van der Waals surface area contributed by atoms with E-state index in [1.165, 1.54) is 12.3 Å². The Morgan fingerprint density at radius 2 is 1.76 bits per heavy atom. The molecule has 0 aliphatic rings. The minimum atomic E-state index is -4.56. The number of nitrogens with one attached hydrogen (secondary N) is 1. The van der Waals surface area contributed by atoms with Crippen molar-refractivity contribution in [2.24, 2.45) is 5.73 Å². The highest BCUT2D eigenvalue weighted by molar-refractivity contribution is 6.14. The highest BCUT2D eigenvalue weighted by atomic mass is 19.4. The van der Waals surface area contributed by atoms with Gasteiger partial charge in [0.2, 0.25) is 0 Å². The van der Waals surface area contributed by atoms with Crippen LogP contribution in [0.3, 0.4) is 0 Å². The van der Waals surface area contributed by atoms with Crippen molar-refractivity contribution >= 4 is 34.0 Å². The number of fused-ring (bicyclic) bond motifs is 1. The molecule has 0 aliphatic heterocycles. The van der Waals surface area contributed by atoms with E-state index in [1.807, 2.05) is 30.0 Å². The third-order valence-corrected chi connectivity index (χ3v) is 6.66. The van der Waals surface area contributed by atoms with Crippen LogP contribution in [0.5, 0.6) is 5.75 Å². The SMILES string of the molecule is CN(C)CCCN(C)c1ccc(C(F)(F)F)cc1NC(=O)c1cccc2cc(OCc3ccnc(C(N)=O)c3)ccc12. The number of primary amides is 1. The van der Waals surface area contributed by atoms with Crippen LogP contribution in [0.2, 0.25) is 0 Å². The van der Waals surface area contributed by atoms with Gasteiger partial charge in [0.25, 0.3) is 11.8 Å². The van der Waals surface area contributed by atoms with Crippen LogP contribution in [-0.4, -0.2) is 55.9 Å². The van der Waals surface area contributed by atoms with Crippen molar-refractivity contribution in [2.45, 2.75) is 19.2 Å². The van der Waals surface area contributed by atoms with Crippen LogP contribution in [0, 0.1) is 0 Å². The first kappa shape index (κ1) is 30.3. The highest BCUT2D eigenvalue weighted by Gasteiger charge is 2.31. The lowest BCUT2D eigenvalue weighted by Crippen LogP contribution is -2.25. The molecule has 1 heterocycles. The molecular weight excluding hydrogens is 547 g/mol. The van der Waals surface area contributed by atoms with E-state index >= 15 is 0 Å². The Labute approximate surface area is 241 Å². The number of nitrogens with zero attached hydrogens (tertiary/aromatic N) is 3. The molecule has 4 aromatic rings. The Bertz CT molecular complexity index is 1590. The summed E-state index contributed by atoms with van der Waals surface area (Å²) < 4.78 is 46.5. The third-order valence-electron chi connectivity index (χ3n) is 6.66. The van der Waals surface area contributed by atoms with E-state index in [2.05, 4.69) is 10.3 Å². The molecule has 8 nitrogen and oxygen atoms in total. The van der Waals surface area contributed by atoms with Crippen molar-refractivity contribution in [2.75, 3.05) is 44.4 Å². The molecule has 11 heteroatoms. The number of anilines is 2. The van der Waals surface area contributed by atoms with Crippen molar-refractivity contribution in [3.8, 4) is 5.75 Å². The smallest absolute Gasteiger partial charge is 0.416 e. The number of hydrogen-bond acceptors (Lipinski definition) is 6. The topological polar surface area (TPSA) is 101 Å². The number of alkyl halides is 3. The molecule has 0 unspecified atom stereocenters. The fourth-order valence-electron chi connectivity index (χ4n) is 4.49. The lowest BCUT2D eigenvalue weighted by molar-refractivity contribution is -0.137. The maximum Gasteiger partial charge on any atom is 0.416 e. The summed E-state index contributed by atoms with van der Waals surface area (Å²) >= 11 is 0. The third kappa shape index (κ3) is 7.55. The summed E-state index contributed by atoms with van der Waals surface area (Å²) in [6.45, 7) is 1.56. The van der Waals surface area contributed by atoms with E-state index in [-0.39, 0.29) is 18.0 Å². The number of halogens is 3. The molecule has 0 bridgehead atoms. The summed E-state index contributed by atoms with van der Waals surface area (Å²) in [5, 5.41) is 4.03. The lowest BCUT2D eigenvalue weighted by atomic mass is 10.0. The summed E-state index contributed by atoms with van der Waals surface area (Å²) in [6, 6.07) is 16.9. The van der Waals surface area contributed by atoms with Crippen molar-refractivity contribution in [3.63, 3.8) is 0 Å². The van der Waals surface area contributed by atoms with E-state index < -0.39 is 23.6 Å². The van der Waals surface area contributed by atoms with Crippen LogP contribution in [0.25, 0.3) is 10.8 Å². The molecule has 42 heavy (non-hydrogen) atoms. The maximum atomic E-state index is 13.6. The van der Waals surface area contributed by atoms with Crippen LogP contribution in [0.15, 0.2) is 72.9 Å². The molecule has 0 radical (unpaired) electrons. The van der Waals surface area contributed by atoms with Gasteiger partial charge in [-0.05, 0) is 98.0 Å². The van der Waals surface area contributed by atoms with E-state index in [9.17, 15) is 22.8 Å². The van der Waals surface area contributed by atoms with Gasteiger partial charge >= 0.3 is 6.18 Å². The van der Waals surface area contributed by atoms with Crippen molar-refractivity contribution in [3.05, 3.63) is 95.3 Å². The predicted octanol–water partition coefficient (Wildman–Crippen LogP) is 5.57. The second kappa shape index (κ2) is 12.9. The van der Waals surface area contributed by atoms with Gasteiger partial charge in [-0.15, -0.1) is 0 Å². The number of ether oxygens (including phenoxy) is 1. The zero-order valence-electron chi connectivity index (χ0n) is 23.5. The van der Waals surface area contributed by atoms with Gasteiger partial charge in [0.15, 0.2) is 0 Å². The fraction of sp³-hybridized carbons (Fsp3) is 0.258. The molecule has 0 fully saturated rings. The number of benzene rings is 3. The largest absolute Gasteiger partial charge is 0.489 e. The zero-order chi connectivity index (χ0) is 30.4. The number of aromatic nitrogens is 1. The van der Waals surface area contributed by atoms with Crippen LogP contribution in [-0.2, 0) is 12.8 Å². The molecule has 0 aliphatic carbocycles. The van der Waals surface area contributed by atoms with E-state index in [1.54, 1.807) is 49.5 Å². The zero-order valence-corrected chi connectivity index (χ0v) is 23.5. The van der Waals surface area contributed by atoms with E-state index in [4.69, 9.17) is 10.5 Å². The molecule has 0 saturated heterocycles. The van der Waals surface area contributed by atoms with Gasteiger partial charge in [-0.3, -0.25) is 14.6 Å². The second-order valence-corrected chi connectivity index (χ2v) is 10.2. The molecular formula is C31H32F3N5O3. The summed E-state index contributed by atoms with van der Waals surface area (Å²) in [7, 11) is 5.68. The summed E-state index contributed by atoms with van der Waals surface area (Å²) in [6.07, 6.45) is -2.30. The fourth-order valence-corrected chi connectivity index (χ4v) is 4.49. The van der Waals surface area contributed by atoms with Gasteiger partial charge in [-0.2, -0.15) is 13.2 Å². The van der Waals surface area contributed by atoms with Gasteiger partial charge < -0.3 is 25.6 Å². The van der Waals surface area contributed by atoms with Crippen LogP contribution >= 0.6 is 0 Å². The minimum Gasteiger partial charge on any atom is -0.489 e. The van der Waals surface area contributed by atoms with Gasteiger partial charge in [-0.1, -0.05) is 12.1 Å². The lowest BCUT2D eigenvalue weighted by Gasteiger charge is -2.24. The molecule has 220 valence electrons. The molecule has 0 atom stereocenters. The molecule has 2 amide bonds. The van der Waals surface area contributed by atoms with Crippen molar-refractivity contribution in [1.29, 1.82) is 0 Å².